The van der Waals surface area contributed by atoms with Crippen LogP contribution in [0.2, 0.25) is 0 Å². The highest BCUT2D eigenvalue weighted by Crippen LogP contribution is 2.40. The lowest BCUT2D eigenvalue weighted by Gasteiger charge is -2.25. The Hall–Kier alpha value is -3.74. The largest absolute Gasteiger partial charge is 0.488 e. The highest BCUT2D eigenvalue weighted by Gasteiger charge is 2.21. The van der Waals surface area contributed by atoms with E-state index < -0.39 is 28.0 Å². The van der Waals surface area contributed by atoms with Gasteiger partial charge in [0.25, 0.3) is 0 Å². The number of benzene rings is 3. The first-order valence-electron chi connectivity index (χ1n) is 15.6. The molecule has 0 saturated heterocycles. The molecule has 0 aromatic heterocycles. The van der Waals surface area contributed by atoms with E-state index in [4.69, 9.17) is 33.2 Å². The summed E-state index contributed by atoms with van der Waals surface area (Å²) in [6, 6.07) is 16.6. The summed E-state index contributed by atoms with van der Waals surface area (Å²) in [5, 5.41) is 0. The Balaban J connectivity index is 2.06. The highest BCUT2D eigenvalue weighted by atomic mass is 16.5. The smallest absolute Gasteiger partial charge is 0.134 e. The minimum absolute atomic E-state index is 0.403. The van der Waals surface area contributed by atoms with E-state index in [1.165, 1.54) is 0 Å². The van der Waals surface area contributed by atoms with Crippen LogP contribution >= 0.6 is 0 Å². The average Bonchev–Trinajstić information content (AvgIpc) is 2.72. The van der Waals surface area contributed by atoms with Gasteiger partial charge in [0, 0.05) is 54.6 Å². The van der Waals surface area contributed by atoms with E-state index in [0.717, 1.165) is 0 Å². The highest BCUT2D eigenvalue weighted by molar-refractivity contribution is 5.50. The molecule has 0 aliphatic carbocycles. The van der Waals surface area contributed by atoms with Gasteiger partial charge < -0.3 is 33.2 Å². The zero-order chi connectivity index (χ0) is 34.0. The van der Waals surface area contributed by atoms with Gasteiger partial charge in [0.15, 0.2) is 0 Å². The molecule has 7 heteroatoms. The van der Waals surface area contributed by atoms with Gasteiger partial charge in [-0.15, -0.1) is 0 Å². The molecule has 0 amide bonds. The van der Waals surface area contributed by atoms with E-state index in [1.54, 1.807) is 0 Å². The summed E-state index contributed by atoms with van der Waals surface area (Å²) < 4.78 is 43.9. The minimum Gasteiger partial charge on any atom is -0.488 e. The van der Waals surface area contributed by atoms with Crippen LogP contribution in [0.3, 0.4) is 0 Å². The molecule has 7 nitrogen and oxygen atoms in total. The SMILES string of the molecule is CC(C)(C)Oc1cc(Oc2cc(OC(C)(C)C)cc(OC(C)(C)C)c2)cc(Oc2cc(OC(C)(C)C)cc(OC(C)(C)C)c2)c1. The van der Waals surface area contributed by atoms with Crippen LogP contribution < -0.4 is 33.2 Å². The fourth-order valence-corrected chi connectivity index (χ4v) is 4.21. The summed E-state index contributed by atoms with van der Waals surface area (Å²) in [6.45, 7) is 30.0. The Morgan fingerprint density at radius 2 is 0.378 bits per heavy atom. The van der Waals surface area contributed by atoms with E-state index in [1.807, 2.05) is 158 Å². The third kappa shape index (κ3) is 13.8. The first kappa shape index (κ1) is 35.7. The summed E-state index contributed by atoms with van der Waals surface area (Å²) in [6.07, 6.45) is 0. The van der Waals surface area contributed by atoms with Gasteiger partial charge in [0.05, 0.1) is 0 Å². The Bertz CT molecular complexity index is 1270. The molecule has 3 aromatic rings. The van der Waals surface area contributed by atoms with Gasteiger partial charge in [-0.3, -0.25) is 0 Å². The lowest BCUT2D eigenvalue weighted by Crippen LogP contribution is -2.24. The minimum atomic E-state index is -0.446. The lowest BCUT2D eigenvalue weighted by molar-refractivity contribution is 0.119. The average molecular weight is 623 g/mol. The second-order valence-corrected chi connectivity index (χ2v) is 16.2. The molecule has 0 bridgehead atoms. The topological polar surface area (TPSA) is 64.6 Å². The summed E-state index contributed by atoms with van der Waals surface area (Å²) >= 11 is 0. The summed E-state index contributed by atoms with van der Waals surface area (Å²) in [5.41, 5.74) is -2.06. The monoisotopic (exact) mass is 622 g/mol. The zero-order valence-electron chi connectivity index (χ0n) is 30.1. The first-order valence-corrected chi connectivity index (χ1v) is 15.6. The van der Waals surface area contributed by atoms with Crippen LogP contribution in [-0.4, -0.2) is 28.0 Å². The van der Waals surface area contributed by atoms with Crippen molar-refractivity contribution < 1.29 is 33.2 Å². The van der Waals surface area contributed by atoms with E-state index in [9.17, 15) is 0 Å². The molecule has 0 fully saturated rings. The predicted molar refractivity (Wildman–Crippen MR) is 181 cm³/mol. The van der Waals surface area contributed by atoms with Crippen LogP contribution in [0.15, 0.2) is 54.6 Å². The fraction of sp³-hybridized carbons (Fsp3) is 0.526. The van der Waals surface area contributed by atoms with Crippen LogP contribution in [0.1, 0.15) is 104 Å². The number of ether oxygens (including phenoxy) is 7. The number of hydrogen-bond donors (Lipinski definition) is 0. The van der Waals surface area contributed by atoms with Crippen LogP contribution in [0.5, 0.6) is 51.7 Å². The van der Waals surface area contributed by atoms with E-state index >= 15 is 0 Å². The number of rotatable bonds is 9. The molecule has 0 heterocycles. The standard InChI is InChI=1S/C38H54O7/c1-34(2,3)41-29-17-25(39-27-19-30(42-35(4,5)6)23-31(20-27)43-36(7,8)9)16-26(18-29)40-28-21-32(44-37(10,11)12)24-33(22-28)45-38(13,14)15/h16-24H,1-15H3. The Kier molecular flexibility index (Phi) is 10.3. The Labute approximate surface area is 271 Å². The fourth-order valence-electron chi connectivity index (χ4n) is 4.21. The third-order valence-corrected chi connectivity index (χ3v) is 5.15. The molecule has 0 saturated carbocycles. The molecule has 0 radical (unpaired) electrons. The van der Waals surface area contributed by atoms with Crippen molar-refractivity contribution in [1.82, 2.24) is 0 Å². The van der Waals surface area contributed by atoms with Crippen LogP contribution in [0, 0.1) is 0 Å². The van der Waals surface area contributed by atoms with Crippen LogP contribution in [0.4, 0.5) is 0 Å². The van der Waals surface area contributed by atoms with Crippen molar-refractivity contribution in [3.05, 3.63) is 54.6 Å². The maximum Gasteiger partial charge on any atom is 0.134 e. The third-order valence-electron chi connectivity index (χ3n) is 5.15. The summed E-state index contributed by atoms with van der Waals surface area (Å²) in [5.74, 6) is 5.30. The molecular weight excluding hydrogens is 568 g/mol. The van der Waals surface area contributed by atoms with Gasteiger partial charge in [-0.05, 0) is 104 Å². The second kappa shape index (κ2) is 12.9. The maximum atomic E-state index is 6.43. The molecule has 3 rings (SSSR count). The molecule has 45 heavy (non-hydrogen) atoms. The van der Waals surface area contributed by atoms with Gasteiger partial charge >= 0.3 is 0 Å². The summed E-state index contributed by atoms with van der Waals surface area (Å²) in [7, 11) is 0. The van der Waals surface area contributed by atoms with Crippen molar-refractivity contribution in [3.63, 3.8) is 0 Å². The maximum absolute atomic E-state index is 6.43. The first-order chi connectivity index (χ1) is 20.3. The van der Waals surface area contributed by atoms with Gasteiger partial charge in [-0.25, -0.2) is 0 Å². The quantitative estimate of drug-likeness (QED) is 0.235. The molecule has 0 N–H and O–H groups in total. The molecule has 0 aliphatic heterocycles. The second-order valence-electron chi connectivity index (χ2n) is 16.2. The van der Waals surface area contributed by atoms with Crippen LogP contribution in [-0.2, 0) is 0 Å². The molecule has 0 unspecified atom stereocenters. The van der Waals surface area contributed by atoms with E-state index in [-0.39, 0.29) is 0 Å². The summed E-state index contributed by atoms with van der Waals surface area (Å²) in [4.78, 5) is 0. The van der Waals surface area contributed by atoms with E-state index in [2.05, 4.69) is 0 Å². The number of hydrogen-bond acceptors (Lipinski definition) is 7. The van der Waals surface area contributed by atoms with Crippen molar-refractivity contribution >= 4 is 0 Å². The Morgan fingerprint density at radius 3 is 0.533 bits per heavy atom. The van der Waals surface area contributed by atoms with Crippen molar-refractivity contribution in [2.45, 2.75) is 132 Å². The molecule has 0 spiro atoms. The van der Waals surface area contributed by atoms with Crippen molar-refractivity contribution in [3.8, 4) is 51.7 Å². The van der Waals surface area contributed by atoms with Crippen molar-refractivity contribution in [2.24, 2.45) is 0 Å². The van der Waals surface area contributed by atoms with Crippen molar-refractivity contribution in [2.75, 3.05) is 0 Å². The normalized spacial score (nSPS) is 12.8. The van der Waals surface area contributed by atoms with Gasteiger partial charge in [0.2, 0.25) is 0 Å². The van der Waals surface area contributed by atoms with Gasteiger partial charge in [-0.2, -0.15) is 0 Å². The zero-order valence-corrected chi connectivity index (χ0v) is 30.1. The van der Waals surface area contributed by atoms with Crippen molar-refractivity contribution in [1.29, 1.82) is 0 Å². The predicted octanol–water partition coefficient (Wildman–Crippen LogP) is 11.2. The lowest BCUT2D eigenvalue weighted by atomic mass is 10.1. The van der Waals surface area contributed by atoms with Gasteiger partial charge in [-0.1, -0.05) is 0 Å². The van der Waals surface area contributed by atoms with E-state index in [0.29, 0.717) is 51.7 Å². The molecule has 248 valence electrons. The van der Waals surface area contributed by atoms with Crippen LogP contribution in [0.25, 0.3) is 0 Å². The molecule has 0 aliphatic rings. The molecule has 3 aromatic carbocycles. The molecule has 0 atom stereocenters. The van der Waals surface area contributed by atoms with Gasteiger partial charge in [0.1, 0.15) is 79.8 Å². The Morgan fingerprint density at radius 1 is 0.244 bits per heavy atom. The molecular formula is C38H54O7.